The maximum absolute atomic E-state index is 12.9. The number of likely N-dealkylation sites (tertiary alicyclic amines) is 1. The van der Waals surface area contributed by atoms with Crippen molar-refractivity contribution in [2.24, 2.45) is 5.92 Å². The van der Waals surface area contributed by atoms with Crippen molar-refractivity contribution in [1.29, 1.82) is 0 Å². The fourth-order valence-corrected chi connectivity index (χ4v) is 4.49. The lowest BCUT2D eigenvalue weighted by Gasteiger charge is -2.33. The van der Waals surface area contributed by atoms with Crippen molar-refractivity contribution in [1.82, 2.24) is 14.8 Å². The van der Waals surface area contributed by atoms with Crippen LogP contribution in [0.2, 0.25) is 0 Å². The summed E-state index contributed by atoms with van der Waals surface area (Å²) in [5.41, 5.74) is 3.41. The second kappa shape index (κ2) is 12.5. The molecular formula is C25H27F6N3O5. The SMILES string of the molecule is CC(C)N(C)[C@H]1c2ccccc2[C@@H]2CN(C(=O)c3ccccn3)C[C@@H]21.O=C(O)C(F)(F)F.O=C(O)C(F)(F)F. The fourth-order valence-electron chi connectivity index (χ4n) is 4.49. The summed E-state index contributed by atoms with van der Waals surface area (Å²) in [6.45, 7) is 6.07. The number of carbonyl (C=O) groups excluding carboxylic acids is 1. The summed E-state index contributed by atoms with van der Waals surface area (Å²) in [4.78, 5) is 39.3. The molecule has 2 heterocycles. The molecule has 0 saturated carbocycles. The van der Waals surface area contributed by atoms with E-state index in [0.29, 0.717) is 29.6 Å². The minimum absolute atomic E-state index is 0.0541. The molecule has 2 aliphatic rings. The first-order chi connectivity index (χ1) is 18.0. The highest BCUT2D eigenvalue weighted by molar-refractivity contribution is 5.92. The van der Waals surface area contributed by atoms with Crippen molar-refractivity contribution in [2.75, 3.05) is 20.1 Å². The molecule has 0 unspecified atom stereocenters. The van der Waals surface area contributed by atoms with E-state index < -0.39 is 24.3 Å². The van der Waals surface area contributed by atoms with Gasteiger partial charge in [0.25, 0.3) is 5.91 Å². The van der Waals surface area contributed by atoms with E-state index in [0.717, 1.165) is 13.1 Å². The van der Waals surface area contributed by atoms with Crippen LogP contribution in [0.25, 0.3) is 0 Å². The highest BCUT2D eigenvalue weighted by atomic mass is 19.4. The van der Waals surface area contributed by atoms with Gasteiger partial charge in [-0.2, -0.15) is 26.3 Å². The van der Waals surface area contributed by atoms with Gasteiger partial charge >= 0.3 is 24.3 Å². The van der Waals surface area contributed by atoms with Crippen molar-refractivity contribution >= 4 is 17.8 Å². The fraction of sp³-hybridized carbons (Fsp3) is 0.440. The van der Waals surface area contributed by atoms with Crippen LogP contribution in [0.1, 0.15) is 47.4 Å². The number of rotatable bonds is 3. The maximum Gasteiger partial charge on any atom is 0.490 e. The van der Waals surface area contributed by atoms with Crippen LogP contribution >= 0.6 is 0 Å². The number of nitrogens with zero attached hydrogens (tertiary/aromatic N) is 3. The van der Waals surface area contributed by atoms with Crippen molar-refractivity contribution in [3.05, 3.63) is 65.5 Å². The zero-order chi connectivity index (χ0) is 29.7. The smallest absolute Gasteiger partial charge is 0.475 e. The Kier molecular flexibility index (Phi) is 10.1. The number of hydrogen-bond donors (Lipinski definition) is 2. The number of aromatic nitrogens is 1. The molecule has 8 nitrogen and oxygen atoms in total. The Morgan fingerprint density at radius 2 is 1.38 bits per heavy atom. The number of pyridine rings is 1. The highest BCUT2D eigenvalue weighted by Crippen LogP contribution is 2.51. The molecule has 2 N–H and O–H groups in total. The molecule has 214 valence electrons. The summed E-state index contributed by atoms with van der Waals surface area (Å²) in [6, 6.07) is 15.1. The second-order valence-corrected chi connectivity index (χ2v) is 9.13. The molecule has 1 aromatic carbocycles. The highest BCUT2D eigenvalue weighted by Gasteiger charge is 2.49. The first kappa shape index (κ1) is 31.5. The van der Waals surface area contributed by atoms with Crippen LogP contribution in [0.5, 0.6) is 0 Å². The molecule has 1 aromatic heterocycles. The molecular weight excluding hydrogens is 536 g/mol. The second-order valence-electron chi connectivity index (χ2n) is 9.13. The van der Waals surface area contributed by atoms with Crippen molar-refractivity contribution < 1.29 is 50.9 Å². The monoisotopic (exact) mass is 563 g/mol. The molecule has 1 fully saturated rings. The number of alkyl halides is 6. The third kappa shape index (κ3) is 7.91. The molecule has 2 aromatic rings. The average Bonchev–Trinajstić information content (AvgIpc) is 3.40. The lowest BCUT2D eigenvalue weighted by molar-refractivity contribution is -0.193. The quantitative estimate of drug-likeness (QED) is 0.526. The third-order valence-electron chi connectivity index (χ3n) is 6.39. The molecule has 1 amide bonds. The zero-order valence-electron chi connectivity index (χ0n) is 21.1. The van der Waals surface area contributed by atoms with Gasteiger partial charge in [0.1, 0.15) is 5.69 Å². The number of halogens is 6. The van der Waals surface area contributed by atoms with E-state index in [1.54, 1.807) is 6.20 Å². The van der Waals surface area contributed by atoms with Crippen LogP contribution in [0, 0.1) is 5.92 Å². The predicted molar refractivity (Wildman–Crippen MR) is 126 cm³/mol. The third-order valence-corrected chi connectivity index (χ3v) is 6.39. The number of fused-ring (bicyclic) bond motifs is 3. The van der Waals surface area contributed by atoms with Gasteiger partial charge in [-0.3, -0.25) is 14.7 Å². The zero-order valence-corrected chi connectivity index (χ0v) is 21.1. The largest absolute Gasteiger partial charge is 0.490 e. The molecule has 0 bridgehead atoms. The summed E-state index contributed by atoms with van der Waals surface area (Å²) in [5.74, 6) is -4.58. The number of carboxylic acids is 2. The van der Waals surface area contributed by atoms with Gasteiger partial charge in [0.2, 0.25) is 0 Å². The van der Waals surface area contributed by atoms with E-state index in [1.165, 1.54) is 11.1 Å². The van der Waals surface area contributed by atoms with Gasteiger partial charge in [0, 0.05) is 43.2 Å². The van der Waals surface area contributed by atoms with Crippen LogP contribution in [0.15, 0.2) is 48.7 Å². The molecule has 0 spiro atoms. The number of amides is 1. The van der Waals surface area contributed by atoms with Crippen LogP contribution in [-0.2, 0) is 9.59 Å². The van der Waals surface area contributed by atoms with Gasteiger partial charge in [-0.1, -0.05) is 30.3 Å². The minimum atomic E-state index is -5.08. The van der Waals surface area contributed by atoms with E-state index in [-0.39, 0.29) is 5.91 Å². The van der Waals surface area contributed by atoms with Crippen LogP contribution in [-0.4, -0.2) is 81.4 Å². The Hall–Kier alpha value is -3.68. The maximum atomic E-state index is 12.9. The van der Waals surface area contributed by atoms with Crippen LogP contribution in [0.3, 0.4) is 0 Å². The summed E-state index contributed by atoms with van der Waals surface area (Å²) >= 11 is 0. The Labute approximate surface area is 219 Å². The molecule has 3 atom stereocenters. The van der Waals surface area contributed by atoms with Gasteiger partial charge in [0.05, 0.1) is 0 Å². The van der Waals surface area contributed by atoms with Gasteiger partial charge in [-0.25, -0.2) is 9.59 Å². The van der Waals surface area contributed by atoms with Gasteiger partial charge in [-0.05, 0) is 44.2 Å². The number of benzene rings is 1. The minimum Gasteiger partial charge on any atom is -0.475 e. The Morgan fingerprint density at radius 1 is 0.897 bits per heavy atom. The van der Waals surface area contributed by atoms with E-state index in [1.807, 2.05) is 23.1 Å². The summed E-state index contributed by atoms with van der Waals surface area (Å²) < 4.78 is 63.5. The summed E-state index contributed by atoms with van der Waals surface area (Å²) in [5, 5.41) is 14.2. The average molecular weight is 563 g/mol. The van der Waals surface area contributed by atoms with Crippen LogP contribution < -0.4 is 0 Å². The topological polar surface area (TPSA) is 111 Å². The van der Waals surface area contributed by atoms with Gasteiger partial charge in [0.15, 0.2) is 0 Å². The first-order valence-electron chi connectivity index (χ1n) is 11.6. The van der Waals surface area contributed by atoms with Crippen molar-refractivity contribution in [3.63, 3.8) is 0 Å². The van der Waals surface area contributed by atoms with Gasteiger partial charge in [-0.15, -0.1) is 0 Å². The standard InChI is InChI=1S/C21H25N3O.2C2HF3O2/c1-14(2)23(3)20-16-9-5-4-8-15(16)17-12-24(13-18(17)20)21(25)19-10-6-7-11-22-19;2*3-2(4,5)1(6)7/h4-11,14,17-18,20H,12-13H2,1-3H3;2*(H,6,7)/t17-,18-,20-;;/m0../s1. The number of aliphatic carboxylic acids is 2. The van der Waals surface area contributed by atoms with Crippen molar-refractivity contribution in [2.45, 2.75) is 44.2 Å². The lowest BCUT2D eigenvalue weighted by Crippen LogP contribution is -2.36. The number of hydrogen-bond acceptors (Lipinski definition) is 5. The number of carboxylic acid groups (broad SMARTS) is 2. The lowest BCUT2D eigenvalue weighted by atomic mass is 9.93. The Morgan fingerprint density at radius 3 is 1.82 bits per heavy atom. The van der Waals surface area contributed by atoms with E-state index in [4.69, 9.17) is 19.8 Å². The summed E-state index contributed by atoms with van der Waals surface area (Å²) in [7, 11) is 2.21. The molecule has 1 saturated heterocycles. The van der Waals surface area contributed by atoms with E-state index in [9.17, 15) is 31.1 Å². The van der Waals surface area contributed by atoms with Gasteiger partial charge < -0.3 is 15.1 Å². The normalized spacial score (nSPS) is 19.9. The van der Waals surface area contributed by atoms with Crippen molar-refractivity contribution in [3.8, 4) is 0 Å². The van der Waals surface area contributed by atoms with E-state index in [2.05, 4.69) is 55.0 Å². The summed E-state index contributed by atoms with van der Waals surface area (Å²) in [6.07, 6.45) is -8.48. The predicted octanol–water partition coefficient (Wildman–Crippen LogP) is 4.60. The Balaban J connectivity index is 0.000000317. The molecule has 0 radical (unpaired) electrons. The molecule has 1 aliphatic carbocycles. The van der Waals surface area contributed by atoms with E-state index >= 15 is 0 Å². The molecule has 1 aliphatic heterocycles. The molecule has 4 rings (SSSR count). The first-order valence-corrected chi connectivity index (χ1v) is 11.6. The molecule has 14 heteroatoms. The van der Waals surface area contributed by atoms with Crippen LogP contribution in [0.4, 0.5) is 26.3 Å². The molecule has 39 heavy (non-hydrogen) atoms. The Bertz CT molecular complexity index is 1130. The number of carbonyl (C=O) groups is 3.